The highest BCUT2D eigenvalue weighted by molar-refractivity contribution is 5.85. The largest absolute Gasteiger partial charge is 0.497 e. The molecule has 0 aliphatic rings. The summed E-state index contributed by atoms with van der Waals surface area (Å²) in [5, 5.41) is 5.98. The third kappa shape index (κ3) is 4.35. The first-order valence-electron chi connectivity index (χ1n) is 6.26. The van der Waals surface area contributed by atoms with Crippen molar-refractivity contribution in [1.29, 1.82) is 0 Å². The van der Waals surface area contributed by atoms with Gasteiger partial charge in [0.25, 0.3) is 0 Å². The average molecular weight is 266 g/mol. The fourth-order valence-corrected chi connectivity index (χ4v) is 1.63. The molecule has 0 heterocycles. The topological polar surface area (TPSA) is 59.6 Å². The van der Waals surface area contributed by atoms with Gasteiger partial charge in [0.2, 0.25) is 5.91 Å². The van der Waals surface area contributed by atoms with Crippen molar-refractivity contribution < 1.29 is 14.3 Å². The molecule has 0 saturated heterocycles. The minimum atomic E-state index is -0.343. The Hall–Kier alpha value is -1.91. The number of nitrogens with one attached hydrogen (secondary N) is 2. The number of methoxy groups -OCH3 is 2. The second kappa shape index (κ2) is 6.87. The summed E-state index contributed by atoms with van der Waals surface area (Å²) in [4.78, 5) is 11.8. The fourth-order valence-electron chi connectivity index (χ4n) is 1.63. The van der Waals surface area contributed by atoms with Crippen LogP contribution in [-0.4, -0.2) is 32.2 Å². The Kier molecular flexibility index (Phi) is 5.48. The van der Waals surface area contributed by atoms with Crippen LogP contribution in [0.5, 0.6) is 11.5 Å². The number of benzene rings is 1. The van der Waals surface area contributed by atoms with Crippen LogP contribution >= 0.6 is 0 Å². The number of carbonyl (C=O) groups excluding carboxylic acids is 1. The van der Waals surface area contributed by atoms with Crippen molar-refractivity contribution in [3.63, 3.8) is 0 Å². The third-order valence-electron chi connectivity index (χ3n) is 2.60. The maximum atomic E-state index is 11.8. The summed E-state index contributed by atoms with van der Waals surface area (Å²) in [6, 6.07) is 5.20. The predicted molar refractivity (Wildman–Crippen MR) is 75.9 cm³/mol. The number of hydrogen-bond donors (Lipinski definition) is 2. The molecule has 0 unspecified atom stereocenters. The summed E-state index contributed by atoms with van der Waals surface area (Å²) in [5.74, 6) is 1.30. The van der Waals surface area contributed by atoms with Gasteiger partial charge in [0, 0.05) is 12.1 Å². The summed E-state index contributed by atoms with van der Waals surface area (Å²) in [6.07, 6.45) is 0. The second-order valence-corrected chi connectivity index (χ2v) is 4.60. The van der Waals surface area contributed by atoms with Crippen LogP contribution in [0.3, 0.4) is 0 Å². The van der Waals surface area contributed by atoms with E-state index < -0.39 is 0 Å². The molecule has 0 aliphatic carbocycles. The molecule has 0 bridgehead atoms. The molecule has 1 aromatic carbocycles. The van der Waals surface area contributed by atoms with Crippen LogP contribution in [-0.2, 0) is 4.79 Å². The van der Waals surface area contributed by atoms with Crippen molar-refractivity contribution >= 4 is 11.6 Å². The van der Waals surface area contributed by atoms with Gasteiger partial charge in [0.1, 0.15) is 17.5 Å². The fraction of sp³-hybridized carbons (Fsp3) is 0.500. The zero-order chi connectivity index (χ0) is 14.4. The van der Waals surface area contributed by atoms with Gasteiger partial charge in [-0.3, -0.25) is 4.79 Å². The lowest BCUT2D eigenvalue weighted by atomic mass is 10.2. The van der Waals surface area contributed by atoms with Crippen LogP contribution in [0.25, 0.3) is 0 Å². The first kappa shape index (κ1) is 15.1. The van der Waals surface area contributed by atoms with Crippen LogP contribution in [0.15, 0.2) is 18.2 Å². The van der Waals surface area contributed by atoms with E-state index in [1.54, 1.807) is 27.2 Å². The molecular weight excluding hydrogens is 244 g/mol. The van der Waals surface area contributed by atoms with Gasteiger partial charge in [0.05, 0.1) is 19.9 Å². The molecule has 0 radical (unpaired) electrons. The molecule has 1 aromatic rings. The normalized spacial score (nSPS) is 11.9. The molecule has 1 rings (SSSR count). The molecule has 0 fully saturated rings. The second-order valence-electron chi connectivity index (χ2n) is 4.60. The van der Waals surface area contributed by atoms with Crippen LogP contribution < -0.4 is 20.1 Å². The molecule has 2 N–H and O–H groups in total. The van der Waals surface area contributed by atoms with Crippen LogP contribution in [0, 0.1) is 0 Å². The van der Waals surface area contributed by atoms with E-state index in [9.17, 15) is 4.79 Å². The lowest BCUT2D eigenvalue weighted by molar-refractivity contribution is -0.122. The summed E-state index contributed by atoms with van der Waals surface area (Å²) < 4.78 is 10.4. The first-order valence-corrected chi connectivity index (χ1v) is 6.26. The average Bonchev–Trinajstić information content (AvgIpc) is 2.38. The number of amides is 1. The highest BCUT2D eigenvalue weighted by atomic mass is 16.5. The molecule has 106 valence electrons. The van der Waals surface area contributed by atoms with Gasteiger partial charge in [-0.25, -0.2) is 0 Å². The molecule has 5 heteroatoms. The van der Waals surface area contributed by atoms with E-state index >= 15 is 0 Å². The maximum absolute atomic E-state index is 11.8. The molecular formula is C14H22N2O3. The minimum absolute atomic E-state index is 0.0483. The van der Waals surface area contributed by atoms with Crippen molar-refractivity contribution in [1.82, 2.24) is 5.32 Å². The number of rotatable bonds is 6. The SMILES string of the molecule is COc1ccc(N[C@@H](C)C(=O)NC(C)C)c(OC)c1. The number of anilines is 1. The van der Waals surface area contributed by atoms with E-state index in [1.165, 1.54) is 0 Å². The smallest absolute Gasteiger partial charge is 0.242 e. The zero-order valence-electron chi connectivity index (χ0n) is 12.1. The monoisotopic (exact) mass is 266 g/mol. The molecule has 1 amide bonds. The number of ether oxygens (including phenoxy) is 2. The van der Waals surface area contributed by atoms with E-state index in [4.69, 9.17) is 9.47 Å². The Balaban J connectivity index is 2.78. The van der Waals surface area contributed by atoms with Gasteiger partial charge < -0.3 is 20.1 Å². The Morgan fingerprint density at radius 1 is 1.16 bits per heavy atom. The van der Waals surface area contributed by atoms with Gasteiger partial charge in [-0.15, -0.1) is 0 Å². The quantitative estimate of drug-likeness (QED) is 0.827. The Bertz CT molecular complexity index is 433. The van der Waals surface area contributed by atoms with Crippen LogP contribution in [0.4, 0.5) is 5.69 Å². The molecule has 0 aliphatic heterocycles. The summed E-state index contributed by atoms with van der Waals surface area (Å²) in [6.45, 7) is 5.67. The van der Waals surface area contributed by atoms with E-state index in [2.05, 4.69) is 10.6 Å². The van der Waals surface area contributed by atoms with Gasteiger partial charge >= 0.3 is 0 Å². The van der Waals surface area contributed by atoms with Gasteiger partial charge in [-0.2, -0.15) is 0 Å². The number of carbonyl (C=O) groups is 1. The Morgan fingerprint density at radius 2 is 1.84 bits per heavy atom. The molecule has 1 atom stereocenters. The summed E-state index contributed by atoms with van der Waals surface area (Å²) in [7, 11) is 3.18. The molecule has 5 nitrogen and oxygen atoms in total. The predicted octanol–water partition coefficient (Wildman–Crippen LogP) is 2.03. The van der Waals surface area contributed by atoms with Crippen molar-refractivity contribution in [3.8, 4) is 11.5 Å². The van der Waals surface area contributed by atoms with Crippen molar-refractivity contribution in [2.45, 2.75) is 32.9 Å². The lowest BCUT2D eigenvalue weighted by Crippen LogP contribution is -2.41. The summed E-state index contributed by atoms with van der Waals surface area (Å²) >= 11 is 0. The highest BCUT2D eigenvalue weighted by Crippen LogP contribution is 2.29. The van der Waals surface area contributed by atoms with Crippen LogP contribution in [0.1, 0.15) is 20.8 Å². The Morgan fingerprint density at radius 3 is 2.37 bits per heavy atom. The van der Waals surface area contributed by atoms with Crippen molar-refractivity contribution in [3.05, 3.63) is 18.2 Å². The minimum Gasteiger partial charge on any atom is -0.497 e. The molecule has 0 saturated carbocycles. The van der Waals surface area contributed by atoms with E-state index in [0.29, 0.717) is 11.5 Å². The molecule has 0 spiro atoms. The van der Waals surface area contributed by atoms with Crippen LogP contribution in [0.2, 0.25) is 0 Å². The zero-order valence-corrected chi connectivity index (χ0v) is 12.1. The standard InChI is InChI=1S/C14H22N2O3/c1-9(2)15-14(17)10(3)16-12-7-6-11(18-4)8-13(12)19-5/h6-10,16H,1-5H3,(H,15,17)/t10-/m0/s1. The molecule has 0 aromatic heterocycles. The third-order valence-corrected chi connectivity index (χ3v) is 2.60. The lowest BCUT2D eigenvalue weighted by Gasteiger charge is -2.19. The van der Waals surface area contributed by atoms with Gasteiger partial charge in [-0.1, -0.05) is 0 Å². The van der Waals surface area contributed by atoms with Crippen molar-refractivity contribution in [2.75, 3.05) is 19.5 Å². The Labute approximate surface area is 114 Å². The van der Waals surface area contributed by atoms with E-state index in [0.717, 1.165) is 5.69 Å². The van der Waals surface area contributed by atoms with E-state index in [1.807, 2.05) is 26.0 Å². The van der Waals surface area contributed by atoms with E-state index in [-0.39, 0.29) is 18.0 Å². The number of hydrogen-bond acceptors (Lipinski definition) is 4. The van der Waals surface area contributed by atoms with Gasteiger partial charge in [-0.05, 0) is 32.9 Å². The first-order chi connectivity index (χ1) is 8.97. The molecule has 19 heavy (non-hydrogen) atoms. The maximum Gasteiger partial charge on any atom is 0.242 e. The van der Waals surface area contributed by atoms with Crippen molar-refractivity contribution in [2.24, 2.45) is 0 Å². The highest BCUT2D eigenvalue weighted by Gasteiger charge is 2.15. The van der Waals surface area contributed by atoms with Gasteiger partial charge in [0.15, 0.2) is 0 Å². The summed E-state index contributed by atoms with van der Waals surface area (Å²) in [5.41, 5.74) is 0.759.